The molecule has 6 nitrogen and oxygen atoms in total. The van der Waals surface area contributed by atoms with Crippen LogP contribution in [-0.4, -0.2) is 41.5 Å². The van der Waals surface area contributed by atoms with Crippen molar-refractivity contribution in [1.29, 1.82) is 0 Å². The van der Waals surface area contributed by atoms with Gasteiger partial charge in [-0.05, 0) is 32.6 Å². The Labute approximate surface area is 125 Å². The number of nitrogens with zero attached hydrogens (tertiary/aromatic N) is 2. The second-order valence-corrected chi connectivity index (χ2v) is 7.71. The third-order valence-electron chi connectivity index (χ3n) is 4.41. The third-order valence-corrected chi connectivity index (χ3v) is 6.57. The van der Waals surface area contributed by atoms with Crippen molar-refractivity contribution in [1.82, 2.24) is 8.87 Å². The Bertz CT molecular complexity index is 668. The molecule has 0 unspecified atom stereocenters. The summed E-state index contributed by atoms with van der Waals surface area (Å²) in [5.41, 5.74) is 0.834. The van der Waals surface area contributed by atoms with Crippen molar-refractivity contribution in [2.24, 2.45) is 13.0 Å². The van der Waals surface area contributed by atoms with E-state index in [2.05, 4.69) is 6.92 Å². The van der Waals surface area contributed by atoms with Crippen LogP contribution < -0.4 is 0 Å². The summed E-state index contributed by atoms with van der Waals surface area (Å²) in [6.45, 7) is 6.33. The van der Waals surface area contributed by atoms with Gasteiger partial charge in [-0.2, -0.15) is 4.31 Å². The lowest BCUT2D eigenvalue weighted by atomic mass is 10.0. The van der Waals surface area contributed by atoms with Crippen LogP contribution in [0.5, 0.6) is 0 Å². The van der Waals surface area contributed by atoms with Crippen LogP contribution in [0.1, 0.15) is 41.5 Å². The maximum atomic E-state index is 12.8. The zero-order valence-electron chi connectivity index (χ0n) is 12.9. The minimum atomic E-state index is -3.63. The number of carboxylic acids is 1. The summed E-state index contributed by atoms with van der Waals surface area (Å²) in [4.78, 5) is 11.5. The van der Waals surface area contributed by atoms with Crippen LogP contribution in [0.4, 0.5) is 0 Å². The average Bonchev–Trinajstić information content (AvgIpc) is 2.61. The van der Waals surface area contributed by atoms with E-state index in [1.165, 1.54) is 8.87 Å². The maximum Gasteiger partial charge on any atom is 0.352 e. The van der Waals surface area contributed by atoms with Gasteiger partial charge in [0.25, 0.3) is 0 Å². The number of aromatic nitrogens is 1. The summed E-state index contributed by atoms with van der Waals surface area (Å²) in [6.07, 6.45) is 1.69. The number of aromatic carboxylic acids is 1. The van der Waals surface area contributed by atoms with Crippen molar-refractivity contribution in [2.45, 2.75) is 38.5 Å². The number of rotatable bonds is 3. The van der Waals surface area contributed by atoms with E-state index in [0.717, 1.165) is 12.8 Å². The van der Waals surface area contributed by atoms with Crippen LogP contribution in [0.15, 0.2) is 4.90 Å². The fourth-order valence-corrected chi connectivity index (χ4v) is 4.93. The molecule has 1 aromatic heterocycles. The van der Waals surface area contributed by atoms with Crippen LogP contribution in [0.25, 0.3) is 0 Å². The second-order valence-electron chi connectivity index (χ2n) is 5.84. The van der Waals surface area contributed by atoms with Crippen molar-refractivity contribution in [3.8, 4) is 0 Å². The Kier molecular flexibility index (Phi) is 4.17. The van der Waals surface area contributed by atoms with E-state index in [0.29, 0.717) is 30.3 Å². The normalized spacial score (nSPS) is 18.1. The molecule has 1 fully saturated rings. The number of piperidine rings is 1. The number of sulfonamides is 1. The highest BCUT2D eigenvalue weighted by Crippen LogP contribution is 2.30. The van der Waals surface area contributed by atoms with Crippen LogP contribution in [-0.2, 0) is 17.1 Å². The molecule has 21 heavy (non-hydrogen) atoms. The zero-order chi connectivity index (χ0) is 15.9. The number of hydrogen-bond donors (Lipinski definition) is 1. The van der Waals surface area contributed by atoms with Gasteiger partial charge in [0.15, 0.2) is 0 Å². The Balaban J connectivity index is 2.51. The van der Waals surface area contributed by atoms with Crippen LogP contribution in [0.2, 0.25) is 0 Å². The molecule has 1 aliphatic rings. The largest absolute Gasteiger partial charge is 0.477 e. The van der Waals surface area contributed by atoms with Gasteiger partial charge < -0.3 is 9.67 Å². The van der Waals surface area contributed by atoms with Gasteiger partial charge in [0.2, 0.25) is 10.0 Å². The van der Waals surface area contributed by atoms with Crippen LogP contribution in [0, 0.1) is 19.8 Å². The highest BCUT2D eigenvalue weighted by atomic mass is 32.2. The summed E-state index contributed by atoms with van der Waals surface area (Å²) < 4.78 is 28.6. The lowest BCUT2D eigenvalue weighted by Gasteiger charge is -2.29. The lowest BCUT2D eigenvalue weighted by molar-refractivity contribution is 0.0685. The maximum absolute atomic E-state index is 12.8. The first-order valence-corrected chi connectivity index (χ1v) is 8.51. The molecule has 0 amide bonds. The quantitative estimate of drug-likeness (QED) is 0.922. The van der Waals surface area contributed by atoms with E-state index in [-0.39, 0.29) is 10.6 Å². The van der Waals surface area contributed by atoms with Gasteiger partial charge in [-0.15, -0.1) is 0 Å². The smallest absolute Gasteiger partial charge is 0.352 e. The van der Waals surface area contributed by atoms with Crippen LogP contribution >= 0.6 is 0 Å². The Morgan fingerprint density at radius 2 is 1.76 bits per heavy atom. The molecule has 0 atom stereocenters. The average molecular weight is 314 g/mol. The molecule has 0 aromatic carbocycles. The van der Waals surface area contributed by atoms with Gasteiger partial charge in [0.05, 0.1) is 0 Å². The fourth-order valence-electron chi connectivity index (χ4n) is 2.99. The molecule has 0 spiro atoms. The van der Waals surface area contributed by atoms with Crippen molar-refractivity contribution in [3.63, 3.8) is 0 Å². The molecule has 0 aliphatic carbocycles. The molecule has 2 rings (SSSR count). The highest BCUT2D eigenvalue weighted by molar-refractivity contribution is 7.89. The molecule has 1 N–H and O–H groups in total. The SMILES string of the molecule is Cc1c(S(=O)(=O)N2CCC(C)CC2)c(C)n(C)c1C(=O)O. The first kappa shape index (κ1) is 16.0. The molecular formula is C14H22N2O4S. The zero-order valence-corrected chi connectivity index (χ0v) is 13.7. The summed E-state index contributed by atoms with van der Waals surface area (Å²) in [5, 5.41) is 9.27. The summed E-state index contributed by atoms with van der Waals surface area (Å²) in [7, 11) is -2.05. The Hall–Kier alpha value is -1.34. The molecule has 1 aromatic rings. The molecule has 0 bridgehead atoms. The molecular weight excluding hydrogens is 292 g/mol. The first-order valence-electron chi connectivity index (χ1n) is 7.07. The van der Waals surface area contributed by atoms with Gasteiger partial charge in [-0.3, -0.25) is 0 Å². The molecule has 7 heteroatoms. The predicted molar refractivity (Wildman–Crippen MR) is 79.0 cm³/mol. The van der Waals surface area contributed by atoms with Crippen molar-refractivity contribution in [2.75, 3.05) is 13.1 Å². The molecule has 0 saturated carbocycles. The predicted octanol–water partition coefficient (Wildman–Crippen LogP) is 1.76. The van der Waals surface area contributed by atoms with E-state index in [9.17, 15) is 18.3 Å². The van der Waals surface area contributed by atoms with E-state index >= 15 is 0 Å². The molecule has 1 saturated heterocycles. The van der Waals surface area contributed by atoms with E-state index in [1.54, 1.807) is 20.9 Å². The Morgan fingerprint density at radius 3 is 2.19 bits per heavy atom. The van der Waals surface area contributed by atoms with Gasteiger partial charge in [0, 0.05) is 31.4 Å². The van der Waals surface area contributed by atoms with Gasteiger partial charge in [-0.25, -0.2) is 13.2 Å². The standard InChI is InChI=1S/C14H22N2O4S/c1-9-5-7-16(8-6-9)21(19,20)13-10(2)12(14(17)18)15(4)11(13)3/h9H,5-8H2,1-4H3,(H,17,18). The van der Waals surface area contributed by atoms with Crippen molar-refractivity contribution in [3.05, 3.63) is 17.0 Å². The monoisotopic (exact) mass is 314 g/mol. The lowest BCUT2D eigenvalue weighted by Crippen LogP contribution is -2.38. The first-order chi connectivity index (χ1) is 9.67. The van der Waals surface area contributed by atoms with E-state index in [1.807, 2.05) is 0 Å². The Morgan fingerprint density at radius 1 is 1.24 bits per heavy atom. The van der Waals surface area contributed by atoms with E-state index in [4.69, 9.17) is 0 Å². The molecule has 118 valence electrons. The molecule has 0 radical (unpaired) electrons. The van der Waals surface area contributed by atoms with Gasteiger partial charge in [-0.1, -0.05) is 6.92 Å². The van der Waals surface area contributed by atoms with Crippen molar-refractivity contribution < 1.29 is 18.3 Å². The summed E-state index contributed by atoms with van der Waals surface area (Å²) >= 11 is 0. The van der Waals surface area contributed by atoms with Gasteiger partial charge in [0.1, 0.15) is 10.6 Å². The number of carbonyl (C=O) groups is 1. The minimum Gasteiger partial charge on any atom is -0.477 e. The minimum absolute atomic E-state index is 0.0384. The van der Waals surface area contributed by atoms with Crippen LogP contribution in [0.3, 0.4) is 0 Å². The topological polar surface area (TPSA) is 79.6 Å². The summed E-state index contributed by atoms with van der Waals surface area (Å²) in [5.74, 6) is -0.573. The number of hydrogen-bond acceptors (Lipinski definition) is 3. The van der Waals surface area contributed by atoms with Gasteiger partial charge >= 0.3 is 5.97 Å². The second kappa shape index (κ2) is 5.46. The van der Waals surface area contributed by atoms with E-state index < -0.39 is 16.0 Å². The summed E-state index contributed by atoms with van der Waals surface area (Å²) in [6, 6.07) is 0. The fraction of sp³-hybridized carbons (Fsp3) is 0.643. The molecule has 1 aliphatic heterocycles. The highest BCUT2D eigenvalue weighted by Gasteiger charge is 2.34. The number of carboxylic acid groups (broad SMARTS) is 1. The third kappa shape index (κ3) is 2.60. The molecule has 2 heterocycles. The van der Waals surface area contributed by atoms with Crippen molar-refractivity contribution >= 4 is 16.0 Å².